The Morgan fingerprint density at radius 1 is 0.722 bits per heavy atom. The van der Waals surface area contributed by atoms with Crippen molar-refractivity contribution in [3.05, 3.63) is 95.6 Å². The van der Waals surface area contributed by atoms with Crippen LogP contribution in [0.2, 0.25) is 0 Å². The molecule has 5 rings (SSSR count). The van der Waals surface area contributed by atoms with Crippen LogP contribution in [0.15, 0.2) is 83.0 Å². The van der Waals surface area contributed by atoms with Crippen LogP contribution in [-0.2, 0) is 25.6 Å². The van der Waals surface area contributed by atoms with Gasteiger partial charge in [-0.15, -0.1) is 11.4 Å². The van der Waals surface area contributed by atoms with E-state index in [1.165, 1.54) is 12.8 Å². The SMILES string of the molecule is C1CCOC1.Cc1cccc(N=Cc2ccc[n-]2)c1-c1c(C)cccc1N=Cc1ccc[n-]1.[Cl][Zr+2][Cl]. The molecule has 0 radical (unpaired) electrons. The average Bonchev–Trinajstić information content (AvgIpc) is 3.68. The van der Waals surface area contributed by atoms with Crippen molar-refractivity contribution in [1.29, 1.82) is 0 Å². The van der Waals surface area contributed by atoms with Crippen molar-refractivity contribution in [3.63, 3.8) is 0 Å². The van der Waals surface area contributed by atoms with Gasteiger partial charge in [-0.1, -0.05) is 48.5 Å². The third kappa shape index (κ3) is 8.71. The normalized spacial score (nSPS) is 12.7. The Morgan fingerprint density at radius 2 is 1.17 bits per heavy atom. The molecule has 5 nitrogen and oxygen atoms in total. The van der Waals surface area contributed by atoms with E-state index in [0.29, 0.717) is 0 Å². The molecular weight excluding hydrogens is 570 g/mol. The topological polar surface area (TPSA) is 62.1 Å². The summed E-state index contributed by atoms with van der Waals surface area (Å²) in [7, 11) is 9.87. The standard InChI is InChI=1S/C24H20N4.C4H8O.2ClH.Zr/c1-17-7-3-11-21(27-15-19-9-5-13-25-19)23(17)24-18(2)8-4-12-22(24)28-16-20-10-6-14-26-20;1-2-4-5-3-1;;;/h3-16H,1-2H3;1-4H2;2*1H;/q-2;;;;+4/p-2. The van der Waals surface area contributed by atoms with Crippen molar-refractivity contribution in [2.24, 2.45) is 9.98 Å². The Bertz CT molecular complexity index is 1140. The maximum absolute atomic E-state index is 4.94. The van der Waals surface area contributed by atoms with Gasteiger partial charge in [-0.2, -0.15) is 12.4 Å². The molecule has 0 saturated carbocycles. The molecule has 184 valence electrons. The number of ether oxygens (including phenoxy) is 1. The summed E-state index contributed by atoms with van der Waals surface area (Å²) in [5.74, 6) is 0. The molecule has 0 aliphatic carbocycles. The zero-order valence-corrected chi connectivity index (χ0v) is 24.3. The van der Waals surface area contributed by atoms with Crippen molar-refractivity contribution < 1.29 is 25.6 Å². The van der Waals surface area contributed by atoms with Crippen LogP contribution in [0.1, 0.15) is 35.4 Å². The minimum absolute atomic E-state index is 0.826. The van der Waals surface area contributed by atoms with Crippen LogP contribution in [0.25, 0.3) is 11.1 Å². The van der Waals surface area contributed by atoms with Gasteiger partial charge in [-0.25, -0.2) is 0 Å². The first kappa shape index (κ1) is 28.3. The van der Waals surface area contributed by atoms with Crippen molar-refractivity contribution in [2.45, 2.75) is 26.7 Å². The van der Waals surface area contributed by atoms with E-state index in [1.54, 1.807) is 24.8 Å². The van der Waals surface area contributed by atoms with Gasteiger partial charge in [0, 0.05) is 36.8 Å². The number of rotatable bonds is 5. The number of hydrogen-bond acceptors (Lipinski definition) is 3. The van der Waals surface area contributed by atoms with Crippen LogP contribution in [0.3, 0.4) is 0 Å². The first-order chi connectivity index (χ1) is 17.6. The second kappa shape index (κ2) is 15.8. The molecule has 2 aromatic carbocycles. The zero-order chi connectivity index (χ0) is 25.6. The van der Waals surface area contributed by atoms with Crippen LogP contribution in [0.4, 0.5) is 11.4 Å². The van der Waals surface area contributed by atoms with Gasteiger partial charge >= 0.3 is 37.9 Å². The zero-order valence-electron chi connectivity index (χ0n) is 20.4. The molecule has 0 spiro atoms. The summed E-state index contributed by atoms with van der Waals surface area (Å²) in [5, 5.41) is 0. The second-order valence-electron chi connectivity index (χ2n) is 7.97. The van der Waals surface area contributed by atoms with E-state index >= 15 is 0 Å². The second-order valence-corrected chi connectivity index (χ2v) is 11.7. The molecule has 1 aliphatic rings. The predicted molar refractivity (Wildman–Crippen MR) is 147 cm³/mol. The summed E-state index contributed by atoms with van der Waals surface area (Å²) in [5.41, 5.74) is 7.98. The molecule has 4 aromatic rings. The van der Waals surface area contributed by atoms with Crippen LogP contribution in [0.5, 0.6) is 0 Å². The molecule has 0 atom stereocenters. The van der Waals surface area contributed by atoms with Gasteiger partial charge in [0.05, 0.1) is 11.4 Å². The fourth-order valence-electron chi connectivity index (χ4n) is 3.73. The minimum atomic E-state index is -0.826. The number of nitrogens with zero attached hydrogens (tertiary/aromatic N) is 4. The molecule has 3 heterocycles. The van der Waals surface area contributed by atoms with Gasteiger partial charge in [-0.05, 0) is 49.9 Å². The van der Waals surface area contributed by atoms with E-state index in [4.69, 9.17) is 31.7 Å². The third-order valence-corrected chi connectivity index (χ3v) is 5.40. The van der Waals surface area contributed by atoms with Crippen molar-refractivity contribution in [1.82, 2.24) is 9.97 Å². The first-order valence-corrected chi connectivity index (χ1v) is 17.9. The van der Waals surface area contributed by atoms with E-state index in [2.05, 4.69) is 35.9 Å². The molecular formula is C28H28Cl2N4OZr. The molecule has 0 amide bonds. The monoisotopic (exact) mass is 596 g/mol. The average molecular weight is 599 g/mol. The Morgan fingerprint density at radius 3 is 1.50 bits per heavy atom. The Balaban J connectivity index is 0.000000389. The fraction of sp³-hybridized carbons (Fsp3) is 0.214. The molecule has 1 fully saturated rings. The van der Waals surface area contributed by atoms with Crippen LogP contribution in [-0.4, -0.2) is 25.6 Å². The van der Waals surface area contributed by atoms with Gasteiger partial charge in [0.25, 0.3) is 0 Å². The summed E-state index contributed by atoms with van der Waals surface area (Å²) in [6.07, 6.45) is 9.69. The number of halogens is 2. The summed E-state index contributed by atoms with van der Waals surface area (Å²) in [6, 6.07) is 20.0. The molecule has 36 heavy (non-hydrogen) atoms. The Labute approximate surface area is 231 Å². The van der Waals surface area contributed by atoms with Crippen molar-refractivity contribution >= 4 is 40.8 Å². The van der Waals surface area contributed by atoms with E-state index in [9.17, 15) is 0 Å². The Kier molecular flexibility index (Phi) is 12.4. The number of aryl methyl sites for hydroxylation is 2. The number of hydrogen-bond donors (Lipinski definition) is 0. The first-order valence-electron chi connectivity index (χ1n) is 11.6. The molecule has 0 unspecified atom stereocenters. The summed E-state index contributed by atoms with van der Waals surface area (Å²) in [4.78, 5) is 18.0. The number of aromatic nitrogens is 2. The molecule has 8 heteroatoms. The third-order valence-electron chi connectivity index (χ3n) is 5.40. The van der Waals surface area contributed by atoms with Gasteiger partial charge in [-0.3, -0.25) is 9.98 Å². The molecule has 0 N–H and O–H groups in total. The molecule has 1 aliphatic heterocycles. The summed E-state index contributed by atoms with van der Waals surface area (Å²) < 4.78 is 4.94. The van der Waals surface area contributed by atoms with E-state index in [-0.39, 0.29) is 0 Å². The van der Waals surface area contributed by atoms with Gasteiger partial charge in [0.2, 0.25) is 0 Å². The fourth-order valence-corrected chi connectivity index (χ4v) is 3.73. The number of benzene rings is 2. The van der Waals surface area contributed by atoms with Gasteiger partial charge in [0.15, 0.2) is 0 Å². The van der Waals surface area contributed by atoms with E-state index in [1.807, 2.05) is 48.5 Å². The summed E-state index contributed by atoms with van der Waals surface area (Å²) in [6.45, 7) is 6.21. The Hall–Kier alpha value is -2.24. The van der Waals surface area contributed by atoms with Crippen LogP contribution < -0.4 is 9.97 Å². The number of aliphatic imine (C=N–C) groups is 2. The predicted octanol–water partition coefficient (Wildman–Crippen LogP) is 7.56. The molecule has 1 saturated heterocycles. The van der Waals surface area contributed by atoms with E-state index in [0.717, 1.165) is 58.2 Å². The van der Waals surface area contributed by atoms with Crippen molar-refractivity contribution in [3.8, 4) is 11.1 Å². The van der Waals surface area contributed by atoms with Gasteiger partial charge in [0.1, 0.15) is 0 Å². The van der Waals surface area contributed by atoms with Crippen LogP contribution in [0, 0.1) is 13.8 Å². The summed E-state index contributed by atoms with van der Waals surface area (Å²) >= 11 is -0.826. The van der Waals surface area contributed by atoms with E-state index < -0.39 is 20.8 Å². The van der Waals surface area contributed by atoms with Crippen molar-refractivity contribution in [2.75, 3.05) is 13.2 Å². The van der Waals surface area contributed by atoms with Crippen LogP contribution >= 0.6 is 17.0 Å². The molecule has 2 aromatic heterocycles. The quantitative estimate of drug-likeness (QED) is 0.223. The van der Waals surface area contributed by atoms with Gasteiger partial charge < -0.3 is 14.7 Å². The molecule has 0 bridgehead atoms. The maximum atomic E-state index is 4.94.